The minimum Gasteiger partial charge on any atom is -0.378 e. The van der Waals surface area contributed by atoms with Gasteiger partial charge in [-0.05, 0) is 19.1 Å². The molecule has 4 rings (SSSR count). The van der Waals surface area contributed by atoms with Crippen LogP contribution in [0.2, 0.25) is 0 Å². The Morgan fingerprint density at radius 3 is 2.37 bits per heavy atom. The van der Waals surface area contributed by atoms with Crippen LogP contribution in [0.4, 0.5) is 17.5 Å². The first kappa shape index (κ1) is 17.6. The fraction of sp³-hybridized carbons (Fsp3) is 0.450. The maximum atomic E-state index is 9.34. The molecule has 0 amide bonds. The average molecular weight is 364 g/mol. The van der Waals surface area contributed by atoms with Gasteiger partial charge < -0.3 is 19.4 Å². The number of hydrogen-bond donors (Lipinski definition) is 0. The Morgan fingerprint density at radius 1 is 0.926 bits per heavy atom. The van der Waals surface area contributed by atoms with Crippen molar-refractivity contribution in [2.45, 2.75) is 6.92 Å². The fourth-order valence-electron chi connectivity index (χ4n) is 3.62. The highest BCUT2D eigenvalue weighted by molar-refractivity contribution is 5.60. The molecule has 0 atom stereocenters. The zero-order valence-electron chi connectivity index (χ0n) is 15.6. The Balaban J connectivity index is 1.48. The lowest BCUT2D eigenvalue weighted by Gasteiger charge is -2.37. The normalized spacial score (nSPS) is 17.7. The molecule has 0 unspecified atom stereocenters. The summed E-state index contributed by atoms with van der Waals surface area (Å²) in [6.45, 7) is 8.63. The van der Waals surface area contributed by atoms with Crippen molar-refractivity contribution in [2.24, 2.45) is 0 Å². The Labute approximate surface area is 159 Å². The van der Waals surface area contributed by atoms with Crippen LogP contribution in [0.15, 0.2) is 30.3 Å². The lowest BCUT2D eigenvalue weighted by atomic mass is 10.1. The second-order valence-electron chi connectivity index (χ2n) is 6.87. The van der Waals surface area contributed by atoms with Crippen molar-refractivity contribution in [3.63, 3.8) is 0 Å². The molecule has 7 nitrogen and oxygen atoms in total. The summed E-state index contributed by atoms with van der Waals surface area (Å²) in [7, 11) is 0. The third-order valence-corrected chi connectivity index (χ3v) is 5.09. The first-order valence-corrected chi connectivity index (χ1v) is 9.42. The van der Waals surface area contributed by atoms with E-state index in [-0.39, 0.29) is 0 Å². The van der Waals surface area contributed by atoms with Crippen molar-refractivity contribution in [1.29, 1.82) is 5.26 Å². The van der Waals surface area contributed by atoms with Crippen molar-refractivity contribution in [3.8, 4) is 6.07 Å². The van der Waals surface area contributed by atoms with Gasteiger partial charge in [-0.15, -0.1) is 0 Å². The largest absolute Gasteiger partial charge is 0.378 e. The van der Waals surface area contributed by atoms with Gasteiger partial charge in [-0.3, -0.25) is 0 Å². The third kappa shape index (κ3) is 3.81. The van der Waals surface area contributed by atoms with E-state index >= 15 is 0 Å². The van der Waals surface area contributed by atoms with Crippen LogP contribution in [0.5, 0.6) is 0 Å². The second-order valence-corrected chi connectivity index (χ2v) is 6.87. The van der Waals surface area contributed by atoms with Gasteiger partial charge >= 0.3 is 0 Å². The van der Waals surface area contributed by atoms with E-state index in [9.17, 15) is 5.26 Å². The minimum atomic E-state index is 0.729. The van der Waals surface area contributed by atoms with Gasteiger partial charge in [0, 0.05) is 51.0 Å². The van der Waals surface area contributed by atoms with Gasteiger partial charge in [-0.1, -0.05) is 12.1 Å². The fourth-order valence-corrected chi connectivity index (χ4v) is 3.62. The van der Waals surface area contributed by atoms with Crippen molar-refractivity contribution >= 4 is 17.5 Å². The van der Waals surface area contributed by atoms with Crippen LogP contribution in [0.25, 0.3) is 0 Å². The molecule has 27 heavy (non-hydrogen) atoms. The van der Waals surface area contributed by atoms with Crippen molar-refractivity contribution in [1.82, 2.24) is 9.97 Å². The maximum absolute atomic E-state index is 9.34. The predicted octanol–water partition coefficient (Wildman–Crippen LogP) is 1.82. The zero-order chi connectivity index (χ0) is 18.6. The molecule has 3 heterocycles. The van der Waals surface area contributed by atoms with Gasteiger partial charge in [0.15, 0.2) is 0 Å². The summed E-state index contributed by atoms with van der Waals surface area (Å²) >= 11 is 0. The number of para-hydroxylation sites is 1. The number of hydrogen-bond acceptors (Lipinski definition) is 7. The van der Waals surface area contributed by atoms with Gasteiger partial charge in [0.2, 0.25) is 5.95 Å². The monoisotopic (exact) mass is 364 g/mol. The lowest BCUT2D eigenvalue weighted by molar-refractivity contribution is 0.122. The molecule has 2 aliphatic rings. The highest BCUT2D eigenvalue weighted by Gasteiger charge is 2.22. The molecule has 0 bridgehead atoms. The number of nitriles is 1. The molecule has 0 radical (unpaired) electrons. The van der Waals surface area contributed by atoms with E-state index in [2.05, 4.69) is 25.8 Å². The molecular weight excluding hydrogens is 340 g/mol. The summed E-state index contributed by atoms with van der Waals surface area (Å²) in [5, 5.41) is 9.34. The number of rotatable bonds is 3. The number of piperazine rings is 1. The topological polar surface area (TPSA) is 68.5 Å². The van der Waals surface area contributed by atoms with E-state index in [0.29, 0.717) is 0 Å². The first-order valence-electron chi connectivity index (χ1n) is 9.42. The van der Waals surface area contributed by atoms with Gasteiger partial charge in [0.05, 0.1) is 24.5 Å². The Morgan fingerprint density at radius 2 is 1.63 bits per heavy atom. The van der Waals surface area contributed by atoms with Crippen LogP contribution in [0.3, 0.4) is 0 Å². The number of ether oxygens (including phenoxy) is 1. The van der Waals surface area contributed by atoms with Crippen LogP contribution >= 0.6 is 0 Å². The maximum Gasteiger partial charge on any atom is 0.227 e. The van der Waals surface area contributed by atoms with Crippen LogP contribution in [0.1, 0.15) is 11.3 Å². The van der Waals surface area contributed by atoms with Crippen LogP contribution < -0.4 is 14.7 Å². The quantitative estimate of drug-likeness (QED) is 0.823. The van der Waals surface area contributed by atoms with Crippen LogP contribution in [-0.4, -0.2) is 62.5 Å². The molecule has 2 aliphatic heterocycles. The highest BCUT2D eigenvalue weighted by atomic mass is 16.5. The van der Waals surface area contributed by atoms with E-state index in [1.807, 2.05) is 37.3 Å². The number of aromatic nitrogens is 2. The second kappa shape index (κ2) is 7.80. The number of benzene rings is 1. The summed E-state index contributed by atoms with van der Waals surface area (Å²) in [6, 6.07) is 12.1. The number of anilines is 3. The lowest BCUT2D eigenvalue weighted by Crippen LogP contribution is -2.47. The number of morpholine rings is 1. The molecule has 140 valence electrons. The SMILES string of the molecule is Cc1cc(N2CCOCC2)nc(N2CCN(c3ccccc3C#N)CC2)n1. The highest BCUT2D eigenvalue weighted by Crippen LogP contribution is 2.23. The Bertz CT molecular complexity index is 835. The van der Waals surface area contributed by atoms with Crippen LogP contribution in [0, 0.1) is 18.3 Å². The first-order chi connectivity index (χ1) is 13.2. The van der Waals surface area contributed by atoms with Gasteiger partial charge in [0.1, 0.15) is 11.9 Å². The van der Waals surface area contributed by atoms with Gasteiger partial charge in [-0.2, -0.15) is 10.2 Å². The zero-order valence-corrected chi connectivity index (χ0v) is 15.6. The molecule has 1 aromatic heterocycles. The Hall–Kier alpha value is -2.85. The summed E-state index contributed by atoms with van der Waals surface area (Å²) in [5.41, 5.74) is 2.73. The molecule has 0 spiro atoms. The Kier molecular flexibility index (Phi) is 5.07. The molecule has 0 N–H and O–H groups in total. The summed E-state index contributed by atoms with van der Waals surface area (Å²) in [6.07, 6.45) is 0. The van der Waals surface area contributed by atoms with Gasteiger partial charge in [-0.25, -0.2) is 4.98 Å². The van der Waals surface area contributed by atoms with Crippen molar-refractivity contribution < 1.29 is 4.74 Å². The van der Waals surface area contributed by atoms with Gasteiger partial charge in [0.25, 0.3) is 0 Å². The summed E-state index contributed by atoms with van der Waals surface area (Å²) in [4.78, 5) is 16.3. The molecule has 2 saturated heterocycles. The van der Waals surface area contributed by atoms with Crippen LogP contribution in [-0.2, 0) is 4.74 Å². The summed E-state index contributed by atoms with van der Waals surface area (Å²) in [5.74, 6) is 1.78. The number of aryl methyl sites for hydroxylation is 1. The smallest absolute Gasteiger partial charge is 0.227 e. The minimum absolute atomic E-state index is 0.729. The molecule has 7 heteroatoms. The molecular formula is C20H24N6O. The van der Waals surface area contributed by atoms with Crippen molar-refractivity contribution in [2.75, 3.05) is 67.2 Å². The molecule has 2 aromatic rings. The van der Waals surface area contributed by atoms with E-state index in [4.69, 9.17) is 9.72 Å². The van der Waals surface area contributed by atoms with E-state index < -0.39 is 0 Å². The molecule has 0 aliphatic carbocycles. The molecule has 1 aromatic carbocycles. The average Bonchev–Trinajstić information content (AvgIpc) is 2.74. The third-order valence-electron chi connectivity index (χ3n) is 5.09. The standard InChI is InChI=1S/C20H24N6O/c1-16-14-19(25-10-12-27-13-11-25)23-20(22-16)26-8-6-24(7-9-26)18-5-3-2-4-17(18)15-21/h2-5,14H,6-13H2,1H3. The van der Waals surface area contributed by atoms with E-state index in [1.165, 1.54) is 0 Å². The summed E-state index contributed by atoms with van der Waals surface area (Å²) < 4.78 is 5.45. The number of nitrogens with zero attached hydrogens (tertiary/aromatic N) is 6. The predicted molar refractivity (Wildman–Crippen MR) is 105 cm³/mol. The van der Waals surface area contributed by atoms with E-state index in [1.54, 1.807) is 0 Å². The van der Waals surface area contributed by atoms with E-state index in [0.717, 1.165) is 81.2 Å². The van der Waals surface area contributed by atoms with Crippen molar-refractivity contribution in [3.05, 3.63) is 41.6 Å². The molecule has 0 saturated carbocycles. The molecule has 2 fully saturated rings.